The van der Waals surface area contributed by atoms with Crippen molar-refractivity contribution in [2.75, 3.05) is 13.1 Å². The first-order valence-corrected chi connectivity index (χ1v) is 9.25. The monoisotopic (exact) mass is 357 g/mol. The first kappa shape index (κ1) is 18.7. The summed E-state index contributed by atoms with van der Waals surface area (Å²) in [5, 5.41) is 8.25. The van der Waals surface area contributed by atoms with E-state index >= 15 is 0 Å². The lowest BCUT2D eigenvalue weighted by Gasteiger charge is -2.33. The third-order valence-electron chi connectivity index (χ3n) is 4.56. The van der Waals surface area contributed by atoms with Gasteiger partial charge in [0.2, 0.25) is 0 Å². The Morgan fingerprint density at radius 1 is 1.24 bits per heavy atom. The van der Waals surface area contributed by atoms with Gasteiger partial charge in [-0.2, -0.15) is 5.10 Å². The summed E-state index contributed by atoms with van der Waals surface area (Å²) in [5.74, 6) is 0. The van der Waals surface area contributed by atoms with Crippen LogP contribution in [0.5, 0.6) is 0 Å². The molecule has 1 heterocycles. The van der Waals surface area contributed by atoms with Crippen LogP contribution in [0.25, 0.3) is 0 Å². The normalized spacial score (nSPS) is 14.4. The molecule has 21 heavy (non-hydrogen) atoms. The molecule has 0 bridgehead atoms. The van der Waals surface area contributed by atoms with E-state index in [4.69, 9.17) is 0 Å². The quantitative estimate of drug-likeness (QED) is 0.656. The number of aromatic nitrogens is 2. The van der Waals surface area contributed by atoms with Crippen molar-refractivity contribution >= 4 is 15.9 Å². The number of rotatable bonds is 10. The standard InChI is InChI=1S/C17H32BrN3/c1-6-10-11-17(7-2,13-19-8-3)12-15-16(18)14(5)20-21(15)9-4/h19H,6-13H2,1-5H3. The number of hydrogen-bond acceptors (Lipinski definition) is 2. The van der Waals surface area contributed by atoms with Crippen LogP contribution in [0.4, 0.5) is 0 Å². The number of nitrogens with zero attached hydrogens (tertiary/aromatic N) is 2. The second-order valence-corrected chi connectivity index (χ2v) is 6.87. The summed E-state index contributed by atoms with van der Waals surface area (Å²) in [7, 11) is 0. The van der Waals surface area contributed by atoms with Gasteiger partial charge >= 0.3 is 0 Å². The maximum absolute atomic E-state index is 4.66. The van der Waals surface area contributed by atoms with E-state index in [1.165, 1.54) is 35.8 Å². The Bertz CT molecular complexity index is 418. The molecule has 1 N–H and O–H groups in total. The predicted molar refractivity (Wildman–Crippen MR) is 94.8 cm³/mol. The molecule has 0 saturated heterocycles. The topological polar surface area (TPSA) is 29.9 Å². The van der Waals surface area contributed by atoms with Gasteiger partial charge in [-0.3, -0.25) is 4.68 Å². The SMILES string of the molecule is CCCCC(CC)(CNCC)Cc1c(Br)c(C)nn1CC. The van der Waals surface area contributed by atoms with Gasteiger partial charge in [-0.15, -0.1) is 0 Å². The summed E-state index contributed by atoms with van der Waals surface area (Å²) >= 11 is 3.76. The molecule has 122 valence electrons. The molecule has 1 atom stereocenters. The number of halogens is 1. The lowest BCUT2D eigenvalue weighted by molar-refractivity contribution is 0.225. The van der Waals surface area contributed by atoms with Crippen molar-refractivity contribution in [1.82, 2.24) is 15.1 Å². The zero-order valence-corrected chi connectivity index (χ0v) is 16.0. The third-order valence-corrected chi connectivity index (χ3v) is 5.59. The number of aryl methyl sites for hydroxylation is 2. The van der Waals surface area contributed by atoms with Crippen molar-refractivity contribution in [3.05, 3.63) is 15.9 Å². The van der Waals surface area contributed by atoms with Gasteiger partial charge in [0.15, 0.2) is 0 Å². The summed E-state index contributed by atoms with van der Waals surface area (Å²) in [6.07, 6.45) is 6.16. The zero-order chi connectivity index (χ0) is 15.9. The Morgan fingerprint density at radius 2 is 1.95 bits per heavy atom. The molecule has 1 unspecified atom stereocenters. The van der Waals surface area contributed by atoms with E-state index in [1.54, 1.807) is 0 Å². The van der Waals surface area contributed by atoms with Gasteiger partial charge in [0.1, 0.15) is 0 Å². The minimum Gasteiger partial charge on any atom is -0.316 e. The van der Waals surface area contributed by atoms with Crippen molar-refractivity contribution in [2.45, 2.75) is 73.3 Å². The number of unbranched alkanes of at least 4 members (excludes halogenated alkanes) is 1. The molecule has 0 aliphatic carbocycles. The molecule has 0 amide bonds. The Labute approximate surface area is 139 Å². The fourth-order valence-electron chi connectivity index (χ4n) is 3.00. The molecule has 1 aromatic rings. The summed E-state index contributed by atoms with van der Waals surface area (Å²) in [6.45, 7) is 14.1. The second kappa shape index (κ2) is 8.94. The Kier molecular flexibility index (Phi) is 7.96. The molecule has 0 aliphatic rings. The summed E-state index contributed by atoms with van der Waals surface area (Å²) in [6, 6.07) is 0. The first-order valence-electron chi connectivity index (χ1n) is 8.46. The van der Waals surface area contributed by atoms with Gasteiger partial charge in [-0.1, -0.05) is 33.6 Å². The van der Waals surface area contributed by atoms with Crippen molar-refractivity contribution < 1.29 is 0 Å². The minimum absolute atomic E-state index is 0.341. The number of nitrogens with one attached hydrogen (secondary N) is 1. The van der Waals surface area contributed by atoms with Gasteiger partial charge in [0.25, 0.3) is 0 Å². The van der Waals surface area contributed by atoms with Crippen molar-refractivity contribution in [3.63, 3.8) is 0 Å². The molecule has 0 spiro atoms. The molecule has 3 nitrogen and oxygen atoms in total. The highest BCUT2D eigenvalue weighted by Gasteiger charge is 2.30. The lowest BCUT2D eigenvalue weighted by Crippen LogP contribution is -2.36. The zero-order valence-electron chi connectivity index (χ0n) is 14.4. The molecule has 0 radical (unpaired) electrons. The molecule has 4 heteroatoms. The van der Waals surface area contributed by atoms with E-state index in [0.717, 1.165) is 31.7 Å². The summed E-state index contributed by atoms with van der Waals surface area (Å²) < 4.78 is 3.37. The van der Waals surface area contributed by atoms with Gasteiger partial charge in [-0.05, 0) is 61.0 Å². The predicted octanol–water partition coefficient (Wildman–Crippen LogP) is 4.71. The van der Waals surface area contributed by atoms with Gasteiger partial charge in [0, 0.05) is 13.1 Å². The van der Waals surface area contributed by atoms with Crippen LogP contribution in [0, 0.1) is 12.3 Å². The average Bonchev–Trinajstić information content (AvgIpc) is 2.77. The molecule has 0 fully saturated rings. The molecule has 0 aromatic carbocycles. The highest BCUT2D eigenvalue weighted by molar-refractivity contribution is 9.10. The van der Waals surface area contributed by atoms with E-state index in [1.807, 2.05) is 0 Å². The summed E-state index contributed by atoms with van der Waals surface area (Å²) in [4.78, 5) is 0. The Morgan fingerprint density at radius 3 is 2.48 bits per heavy atom. The minimum atomic E-state index is 0.341. The van der Waals surface area contributed by atoms with Crippen LogP contribution in [0.1, 0.15) is 64.8 Å². The van der Waals surface area contributed by atoms with Crippen molar-refractivity contribution in [1.29, 1.82) is 0 Å². The third kappa shape index (κ3) is 4.82. The van der Waals surface area contributed by atoms with E-state index in [-0.39, 0.29) is 0 Å². The van der Waals surface area contributed by atoms with Gasteiger partial charge in [0.05, 0.1) is 15.9 Å². The smallest absolute Gasteiger partial charge is 0.0738 e. The Balaban J connectivity index is 3.03. The lowest BCUT2D eigenvalue weighted by atomic mass is 9.76. The maximum atomic E-state index is 4.66. The molecule has 1 aromatic heterocycles. The van der Waals surface area contributed by atoms with Crippen LogP contribution in [0.2, 0.25) is 0 Å². The molecule has 0 saturated carbocycles. The molecular weight excluding hydrogens is 326 g/mol. The van der Waals surface area contributed by atoms with E-state index in [2.05, 4.69) is 65.6 Å². The Hall–Kier alpha value is -0.350. The van der Waals surface area contributed by atoms with Crippen LogP contribution < -0.4 is 5.32 Å². The fourth-order valence-corrected chi connectivity index (χ4v) is 3.43. The van der Waals surface area contributed by atoms with Gasteiger partial charge in [-0.25, -0.2) is 0 Å². The second-order valence-electron chi connectivity index (χ2n) is 6.08. The molecule has 1 rings (SSSR count). The largest absolute Gasteiger partial charge is 0.316 e. The highest BCUT2D eigenvalue weighted by Crippen LogP contribution is 2.35. The first-order chi connectivity index (χ1) is 10.0. The van der Waals surface area contributed by atoms with Crippen molar-refractivity contribution in [3.8, 4) is 0 Å². The van der Waals surface area contributed by atoms with Crippen LogP contribution in [-0.2, 0) is 13.0 Å². The van der Waals surface area contributed by atoms with E-state index in [0.29, 0.717) is 5.41 Å². The van der Waals surface area contributed by atoms with Crippen LogP contribution in [0.15, 0.2) is 4.47 Å². The van der Waals surface area contributed by atoms with Crippen LogP contribution >= 0.6 is 15.9 Å². The highest BCUT2D eigenvalue weighted by atomic mass is 79.9. The molecule has 0 aliphatic heterocycles. The van der Waals surface area contributed by atoms with Gasteiger partial charge < -0.3 is 5.32 Å². The van der Waals surface area contributed by atoms with Crippen LogP contribution in [-0.4, -0.2) is 22.9 Å². The maximum Gasteiger partial charge on any atom is 0.0738 e. The molecular formula is C17H32BrN3. The van der Waals surface area contributed by atoms with Crippen molar-refractivity contribution in [2.24, 2.45) is 5.41 Å². The number of hydrogen-bond donors (Lipinski definition) is 1. The average molecular weight is 358 g/mol. The summed E-state index contributed by atoms with van der Waals surface area (Å²) in [5.41, 5.74) is 2.81. The van der Waals surface area contributed by atoms with E-state index in [9.17, 15) is 0 Å². The van der Waals surface area contributed by atoms with E-state index < -0.39 is 0 Å². The van der Waals surface area contributed by atoms with Crippen LogP contribution in [0.3, 0.4) is 0 Å². The fraction of sp³-hybridized carbons (Fsp3) is 0.824.